The number of hydrogen-bond acceptors (Lipinski definition) is 1. The predicted molar refractivity (Wildman–Crippen MR) is 82.2 cm³/mol. The summed E-state index contributed by atoms with van der Waals surface area (Å²) < 4.78 is 0. The quantitative estimate of drug-likeness (QED) is 0.715. The zero-order valence-electron chi connectivity index (χ0n) is 11.4. The molecule has 0 bridgehead atoms. The van der Waals surface area contributed by atoms with Crippen LogP contribution in [0.4, 0.5) is 0 Å². The van der Waals surface area contributed by atoms with Gasteiger partial charge in [0.1, 0.15) is 0 Å². The van der Waals surface area contributed by atoms with Gasteiger partial charge in [-0.05, 0) is 42.2 Å². The first-order valence-electron chi connectivity index (χ1n) is 6.63. The zero-order chi connectivity index (χ0) is 14.1. The SMILES string of the molecule is [CH2]C(C)c1ccc(-c2c[nH]c3ccc(C#N)cc23)cc1. The van der Waals surface area contributed by atoms with Gasteiger partial charge in [-0.3, -0.25) is 0 Å². The molecule has 97 valence electrons. The van der Waals surface area contributed by atoms with Crippen molar-refractivity contribution in [3.8, 4) is 17.2 Å². The molecule has 1 radical (unpaired) electrons. The summed E-state index contributed by atoms with van der Waals surface area (Å²) >= 11 is 0. The standard InChI is InChI=1S/C18H15N2/c1-12(2)14-4-6-15(7-5-14)17-11-20-18-8-3-13(10-19)9-16(17)18/h3-9,11-12,20H,1H2,2H3. The highest BCUT2D eigenvalue weighted by Gasteiger charge is 2.07. The van der Waals surface area contributed by atoms with Gasteiger partial charge < -0.3 is 4.98 Å². The topological polar surface area (TPSA) is 39.6 Å². The summed E-state index contributed by atoms with van der Waals surface area (Å²) in [6.45, 7) is 6.11. The summed E-state index contributed by atoms with van der Waals surface area (Å²) in [6.07, 6.45) is 1.99. The van der Waals surface area contributed by atoms with Crippen molar-refractivity contribution in [2.75, 3.05) is 0 Å². The Kier molecular flexibility index (Phi) is 3.04. The van der Waals surface area contributed by atoms with Crippen LogP contribution in [0.25, 0.3) is 22.0 Å². The fourth-order valence-electron chi connectivity index (χ4n) is 2.42. The molecule has 1 unspecified atom stereocenters. The third-order valence-corrected chi connectivity index (χ3v) is 3.60. The number of aromatic amines is 1. The molecule has 1 atom stereocenters. The second-order valence-electron chi connectivity index (χ2n) is 5.10. The van der Waals surface area contributed by atoms with E-state index in [0.717, 1.165) is 22.0 Å². The fraction of sp³-hybridized carbons (Fsp3) is 0.111. The van der Waals surface area contributed by atoms with Gasteiger partial charge >= 0.3 is 0 Å². The molecular formula is C18H15N2. The minimum atomic E-state index is 0.289. The molecule has 0 aliphatic rings. The van der Waals surface area contributed by atoms with Gasteiger partial charge in [0.2, 0.25) is 0 Å². The highest BCUT2D eigenvalue weighted by atomic mass is 14.7. The smallest absolute Gasteiger partial charge is 0.0991 e. The first kappa shape index (κ1) is 12.5. The van der Waals surface area contributed by atoms with Crippen LogP contribution in [0.3, 0.4) is 0 Å². The van der Waals surface area contributed by atoms with E-state index in [-0.39, 0.29) is 5.92 Å². The Balaban J connectivity index is 2.12. The lowest BCUT2D eigenvalue weighted by Gasteiger charge is -2.06. The first-order valence-corrected chi connectivity index (χ1v) is 6.63. The highest BCUT2D eigenvalue weighted by Crippen LogP contribution is 2.30. The summed E-state index contributed by atoms with van der Waals surface area (Å²) in [6, 6.07) is 16.3. The van der Waals surface area contributed by atoms with Gasteiger partial charge in [0.05, 0.1) is 11.6 Å². The molecule has 0 aliphatic heterocycles. The van der Waals surface area contributed by atoms with Gasteiger partial charge in [-0.25, -0.2) is 0 Å². The third-order valence-electron chi connectivity index (χ3n) is 3.60. The van der Waals surface area contributed by atoms with E-state index in [1.54, 1.807) is 0 Å². The molecule has 0 saturated heterocycles. The van der Waals surface area contributed by atoms with Crippen molar-refractivity contribution in [2.45, 2.75) is 12.8 Å². The summed E-state index contributed by atoms with van der Waals surface area (Å²) in [5.41, 5.74) is 5.23. The van der Waals surface area contributed by atoms with Crippen molar-refractivity contribution in [1.82, 2.24) is 4.98 Å². The molecule has 20 heavy (non-hydrogen) atoms. The molecule has 1 aromatic heterocycles. The van der Waals surface area contributed by atoms with E-state index in [2.05, 4.69) is 49.2 Å². The highest BCUT2D eigenvalue weighted by molar-refractivity contribution is 5.96. The molecule has 0 amide bonds. The number of nitriles is 1. The lowest BCUT2D eigenvalue weighted by atomic mass is 9.98. The summed E-state index contributed by atoms with van der Waals surface area (Å²) in [5, 5.41) is 10.1. The lowest BCUT2D eigenvalue weighted by molar-refractivity contribution is 0.965. The number of nitrogens with one attached hydrogen (secondary N) is 1. The lowest BCUT2D eigenvalue weighted by Crippen LogP contribution is -1.86. The normalized spacial score (nSPS) is 10.9. The molecule has 1 heterocycles. The molecule has 0 saturated carbocycles. The van der Waals surface area contributed by atoms with Crippen molar-refractivity contribution in [2.24, 2.45) is 0 Å². The van der Waals surface area contributed by atoms with E-state index in [9.17, 15) is 0 Å². The van der Waals surface area contributed by atoms with Crippen LogP contribution >= 0.6 is 0 Å². The maximum atomic E-state index is 9.03. The second kappa shape index (κ2) is 4.86. The minimum absolute atomic E-state index is 0.289. The summed E-state index contributed by atoms with van der Waals surface area (Å²) in [5.74, 6) is 0.289. The molecular weight excluding hydrogens is 244 g/mol. The van der Waals surface area contributed by atoms with Crippen molar-refractivity contribution >= 4 is 10.9 Å². The molecule has 2 aromatic carbocycles. The molecule has 3 aromatic rings. The van der Waals surface area contributed by atoms with Crippen LogP contribution in [0.1, 0.15) is 24.0 Å². The Hall–Kier alpha value is -2.53. The Morgan fingerprint density at radius 2 is 1.90 bits per heavy atom. The second-order valence-corrected chi connectivity index (χ2v) is 5.10. The fourth-order valence-corrected chi connectivity index (χ4v) is 2.42. The van der Waals surface area contributed by atoms with Crippen LogP contribution in [0, 0.1) is 18.3 Å². The van der Waals surface area contributed by atoms with E-state index in [1.807, 2.05) is 24.4 Å². The third kappa shape index (κ3) is 2.08. The molecule has 1 N–H and O–H groups in total. The van der Waals surface area contributed by atoms with Gasteiger partial charge in [-0.2, -0.15) is 5.26 Å². The first-order chi connectivity index (χ1) is 9.69. The van der Waals surface area contributed by atoms with E-state index in [0.29, 0.717) is 5.56 Å². The van der Waals surface area contributed by atoms with Crippen LogP contribution in [0.2, 0.25) is 0 Å². The van der Waals surface area contributed by atoms with E-state index in [1.165, 1.54) is 5.56 Å². The maximum absolute atomic E-state index is 9.03. The van der Waals surface area contributed by atoms with Crippen molar-refractivity contribution in [3.05, 3.63) is 66.7 Å². The van der Waals surface area contributed by atoms with Crippen molar-refractivity contribution in [3.63, 3.8) is 0 Å². The van der Waals surface area contributed by atoms with Crippen molar-refractivity contribution < 1.29 is 0 Å². The van der Waals surface area contributed by atoms with E-state index >= 15 is 0 Å². The zero-order valence-corrected chi connectivity index (χ0v) is 11.4. The summed E-state index contributed by atoms with van der Waals surface area (Å²) in [4.78, 5) is 3.25. The van der Waals surface area contributed by atoms with E-state index in [4.69, 9.17) is 5.26 Å². The van der Waals surface area contributed by atoms with Crippen molar-refractivity contribution in [1.29, 1.82) is 5.26 Å². The van der Waals surface area contributed by atoms with Crippen LogP contribution in [0.5, 0.6) is 0 Å². The predicted octanol–water partition coefficient (Wildman–Crippen LogP) is 4.64. The Morgan fingerprint density at radius 3 is 2.55 bits per heavy atom. The minimum Gasteiger partial charge on any atom is -0.361 e. The molecule has 3 rings (SSSR count). The van der Waals surface area contributed by atoms with Crippen LogP contribution < -0.4 is 0 Å². The Labute approximate surface area is 118 Å². The van der Waals surface area contributed by atoms with Gasteiger partial charge in [0.15, 0.2) is 0 Å². The molecule has 0 spiro atoms. The number of aromatic nitrogens is 1. The Morgan fingerprint density at radius 1 is 1.15 bits per heavy atom. The number of benzene rings is 2. The number of rotatable bonds is 2. The molecule has 2 nitrogen and oxygen atoms in total. The largest absolute Gasteiger partial charge is 0.361 e. The van der Waals surface area contributed by atoms with E-state index < -0.39 is 0 Å². The number of fused-ring (bicyclic) bond motifs is 1. The van der Waals surface area contributed by atoms with Gasteiger partial charge in [-0.1, -0.05) is 31.2 Å². The Bertz CT molecular complexity index is 786. The monoisotopic (exact) mass is 259 g/mol. The molecule has 0 fully saturated rings. The number of hydrogen-bond donors (Lipinski definition) is 1. The number of nitrogens with zero attached hydrogens (tertiary/aromatic N) is 1. The van der Waals surface area contributed by atoms with Gasteiger partial charge in [0, 0.05) is 22.7 Å². The summed E-state index contributed by atoms with van der Waals surface area (Å²) in [7, 11) is 0. The van der Waals surface area contributed by atoms with Crippen LogP contribution in [0.15, 0.2) is 48.7 Å². The van der Waals surface area contributed by atoms with Gasteiger partial charge in [-0.15, -0.1) is 0 Å². The van der Waals surface area contributed by atoms with Gasteiger partial charge in [0.25, 0.3) is 0 Å². The number of H-pyrrole nitrogens is 1. The molecule has 2 heteroatoms. The van der Waals surface area contributed by atoms with Crippen LogP contribution in [-0.2, 0) is 0 Å². The maximum Gasteiger partial charge on any atom is 0.0991 e. The average molecular weight is 259 g/mol. The average Bonchev–Trinajstić information content (AvgIpc) is 2.90. The molecule has 0 aliphatic carbocycles. The van der Waals surface area contributed by atoms with Crippen LogP contribution in [-0.4, -0.2) is 4.98 Å².